The lowest BCUT2D eigenvalue weighted by atomic mass is 10.1. The lowest BCUT2D eigenvalue weighted by Crippen LogP contribution is -2.37. The zero-order valence-corrected chi connectivity index (χ0v) is 16.0. The second kappa shape index (κ2) is 8.60. The van der Waals surface area contributed by atoms with Crippen LogP contribution in [0.5, 0.6) is 0 Å². The fourth-order valence-electron chi connectivity index (χ4n) is 3.26. The Morgan fingerprint density at radius 2 is 1.26 bits per heavy atom. The van der Waals surface area contributed by atoms with E-state index in [4.69, 9.17) is 0 Å². The van der Waals surface area contributed by atoms with Crippen LogP contribution in [0.4, 0.5) is 0 Å². The molecule has 2 amide bonds. The molecular weight excluding hydrogens is 332 g/mol. The highest BCUT2D eigenvalue weighted by Gasteiger charge is 2.37. The fraction of sp³-hybridized carbons (Fsp3) is 0.867. The normalized spacial score (nSPS) is 31.5. The van der Waals surface area contributed by atoms with Gasteiger partial charge >= 0.3 is 0 Å². The number of rotatable bonds is 8. The number of likely N-dealkylation sites (N-methyl/N-ethyl adjacent to an activating group) is 2. The van der Waals surface area contributed by atoms with E-state index in [1.807, 2.05) is 36.4 Å². The summed E-state index contributed by atoms with van der Waals surface area (Å²) in [5.74, 6) is 2.01. The number of hydrogen-bond acceptors (Lipinski definition) is 6. The van der Waals surface area contributed by atoms with Gasteiger partial charge in [-0.25, -0.2) is 0 Å². The highest BCUT2D eigenvalue weighted by atomic mass is 32.2. The summed E-state index contributed by atoms with van der Waals surface area (Å²) in [7, 11) is 3.75. The van der Waals surface area contributed by atoms with Crippen LogP contribution < -0.4 is 10.6 Å². The molecule has 0 aromatic carbocycles. The first kappa shape index (κ1) is 18.9. The molecule has 2 fully saturated rings. The van der Waals surface area contributed by atoms with Crippen molar-refractivity contribution in [1.82, 2.24) is 20.4 Å². The molecule has 2 heterocycles. The van der Waals surface area contributed by atoms with E-state index in [0.29, 0.717) is 0 Å². The van der Waals surface area contributed by atoms with Crippen molar-refractivity contribution in [1.29, 1.82) is 0 Å². The second-order valence-electron chi connectivity index (χ2n) is 6.21. The van der Waals surface area contributed by atoms with Gasteiger partial charge in [0, 0.05) is 25.6 Å². The van der Waals surface area contributed by atoms with Gasteiger partial charge in [0.2, 0.25) is 11.8 Å². The fourth-order valence-corrected chi connectivity index (χ4v) is 4.40. The van der Waals surface area contributed by atoms with Crippen LogP contribution in [-0.2, 0) is 9.59 Å². The van der Waals surface area contributed by atoms with E-state index in [1.54, 1.807) is 23.5 Å². The van der Waals surface area contributed by atoms with Crippen LogP contribution >= 0.6 is 23.5 Å². The van der Waals surface area contributed by atoms with E-state index < -0.39 is 0 Å². The molecule has 0 aromatic rings. The average Bonchev–Trinajstić information content (AvgIpc) is 2.94. The maximum absolute atomic E-state index is 12.1. The van der Waals surface area contributed by atoms with Crippen molar-refractivity contribution in [3.05, 3.63) is 0 Å². The third-order valence-corrected chi connectivity index (χ3v) is 5.97. The quantitative estimate of drug-likeness (QED) is 0.653. The smallest absolute Gasteiger partial charge is 0.241 e. The summed E-state index contributed by atoms with van der Waals surface area (Å²) < 4.78 is 0. The molecule has 2 saturated heterocycles. The van der Waals surface area contributed by atoms with Gasteiger partial charge in [-0.3, -0.25) is 20.2 Å². The molecule has 6 nitrogen and oxygen atoms in total. The van der Waals surface area contributed by atoms with Crippen LogP contribution in [0, 0.1) is 0 Å². The van der Waals surface area contributed by atoms with Crippen LogP contribution in [0.3, 0.4) is 0 Å². The van der Waals surface area contributed by atoms with Crippen LogP contribution in [0.25, 0.3) is 0 Å². The van der Waals surface area contributed by atoms with E-state index in [9.17, 15) is 9.59 Å². The number of carbonyl (C=O) groups is 2. The molecular formula is C15H28N4O2S2. The summed E-state index contributed by atoms with van der Waals surface area (Å²) in [6.45, 7) is 0. The zero-order valence-electron chi connectivity index (χ0n) is 14.4. The standard InChI is InChI=1S/C15H28N4O2S2/c1-18-12(16-10(8-22-3)14(18)20)6-5-7-13-17-11(9-23-4)15(21)19(13)2/h10-13,16-17H,5-9H2,1-4H3. The van der Waals surface area contributed by atoms with E-state index in [-0.39, 0.29) is 36.2 Å². The van der Waals surface area contributed by atoms with Gasteiger partial charge in [0.25, 0.3) is 0 Å². The number of thioether (sulfide) groups is 2. The summed E-state index contributed by atoms with van der Waals surface area (Å²) >= 11 is 3.38. The second-order valence-corrected chi connectivity index (χ2v) is 8.03. The summed E-state index contributed by atoms with van der Waals surface area (Å²) in [5.41, 5.74) is 0. The predicted octanol–water partition coefficient (Wildman–Crippen LogP) is 0.395. The van der Waals surface area contributed by atoms with Crippen LogP contribution in [0.2, 0.25) is 0 Å². The number of nitrogens with zero attached hydrogens (tertiary/aromatic N) is 2. The molecule has 0 saturated carbocycles. The van der Waals surface area contributed by atoms with E-state index >= 15 is 0 Å². The van der Waals surface area contributed by atoms with Gasteiger partial charge in [0.05, 0.1) is 24.4 Å². The monoisotopic (exact) mass is 360 g/mol. The minimum atomic E-state index is -0.0557. The number of carbonyl (C=O) groups excluding carboxylic acids is 2. The first-order valence-corrected chi connectivity index (χ1v) is 10.8. The van der Waals surface area contributed by atoms with Gasteiger partial charge in [-0.05, 0) is 31.8 Å². The minimum Gasteiger partial charge on any atom is -0.329 e. The Hall–Kier alpha value is -0.440. The third kappa shape index (κ3) is 4.35. The Balaban J connectivity index is 1.77. The lowest BCUT2D eigenvalue weighted by Gasteiger charge is -2.22. The highest BCUT2D eigenvalue weighted by Crippen LogP contribution is 2.20. The molecule has 2 aliphatic rings. The van der Waals surface area contributed by atoms with Crippen molar-refractivity contribution < 1.29 is 9.59 Å². The zero-order chi connectivity index (χ0) is 17.0. The molecule has 4 unspecified atom stereocenters. The molecule has 4 atom stereocenters. The van der Waals surface area contributed by atoms with Gasteiger partial charge in [-0.2, -0.15) is 23.5 Å². The Morgan fingerprint density at radius 3 is 1.61 bits per heavy atom. The van der Waals surface area contributed by atoms with Gasteiger partial charge in [-0.1, -0.05) is 0 Å². The van der Waals surface area contributed by atoms with Gasteiger partial charge < -0.3 is 9.80 Å². The first-order chi connectivity index (χ1) is 11.0. The summed E-state index contributed by atoms with van der Waals surface area (Å²) in [5, 5.41) is 6.83. The molecule has 2 rings (SSSR count). The third-order valence-electron chi connectivity index (χ3n) is 4.64. The molecule has 23 heavy (non-hydrogen) atoms. The van der Waals surface area contributed by atoms with Crippen molar-refractivity contribution in [2.45, 2.75) is 43.7 Å². The number of hydrogen-bond donors (Lipinski definition) is 2. The molecule has 132 valence electrons. The molecule has 8 heteroatoms. The number of amides is 2. The average molecular weight is 361 g/mol. The van der Waals surface area contributed by atoms with Crippen LogP contribution in [0.15, 0.2) is 0 Å². The molecule has 0 bridgehead atoms. The van der Waals surface area contributed by atoms with E-state index in [0.717, 1.165) is 30.8 Å². The number of nitrogens with one attached hydrogen (secondary N) is 2. The summed E-state index contributed by atoms with van der Waals surface area (Å²) in [4.78, 5) is 27.9. The Labute approximate surface area is 147 Å². The highest BCUT2D eigenvalue weighted by molar-refractivity contribution is 7.98. The van der Waals surface area contributed by atoms with Crippen molar-refractivity contribution in [2.75, 3.05) is 38.1 Å². The van der Waals surface area contributed by atoms with Crippen molar-refractivity contribution in [2.24, 2.45) is 0 Å². The summed E-state index contributed by atoms with van der Waals surface area (Å²) in [6.07, 6.45) is 7.08. The maximum atomic E-state index is 12.1. The van der Waals surface area contributed by atoms with Gasteiger partial charge in [0.15, 0.2) is 0 Å². The first-order valence-electron chi connectivity index (χ1n) is 8.03. The molecule has 0 spiro atoms. The summed E-state index contributed by atoms with van der Waals surface area (Å²) in [6, 6.07) is -0.111. The lowest BCUT2D eigenvalue weighted by molar-refractivity contribution is -0.128. The SMILES string of the molecule is CSCC1NC(CCCC2NC(CSC)C(=O)N2C)N(C)C1=O. The van der Waals surface area contributed by atoms with Crippen molar-refractivity contribution in [3.8, 4) is 0 Å². The molecule has 2 N–H and O–H groups in total. The molecule has 0 aliphatic carbocycles. The Morgan fingerprint density at radius 1 is 0.870 bits per heavy atom. The van der Waals surface area contributed by atoms with Gasteiger partial charge in [-0.15, -0.1) is 0 Å². The predicted molar refractivity (Wildman–Crippen MR) is 97.6 cm³/mol. The Bertz CT molecular complexity index is 400. The minimum absolute atomic E-state index is 0.0557. The van der Waals surface area contributed by atoms with Crippen LogP contribution in [0.1, 0.15) is 19.3 Å². The molecule has 0 radical (unpaired) electrons. The van der Waals surface area contributed by atoms with E-state index in [1.165, 1.54) is 0 Å². The van der Waals surface area contributed by atoms with Gasteiger partial charge in [0.1, 0.15) is 0 Å². The maximum Gasteiger partial charge on any atom is 0.241 e. The largest absolute Gasteiger partial charge is 0.329 e. The van der Waals surface area contributed by atoms with E-state index in [2.05, 4.69) is 10.6 Å². The van der Waals surface area contributed by atoms with Crippen molar-refractivity contribution in [3.63, 3.8) is 0 Å². The topological polar surface area (TPSA) is 64.7 Å². The van der Waals surface area contributed by atoms with Crippen LogP contribution in [-0.4, -0.2) is 84.1 Å². The Kier molecular flexibility index (Phi) is 7.06. The molecule has 2 aliphatic heterocycles. The van der Waals surface area contributed by atoms with Crippen molar-refractivity contribution >= 4 is 35.3 Å². The molecule has 0 aromatic heterocycles.